The molecule has 3 rings (SSSR count). The average Bonchev–Trinajstić information content (AvgIpc) is 3.07. The molecular formula is C18H23N3O. The third-order valence-corrected chi connectivity index (χ3v) is 4.42. The van der Waals surface area contributed by atoms with E-state index in [4.69, 9.17) is 0 Å². The fourth-order valence-electron chi connectivity index (χ4n) is 3.08. The van der Waals surface area contributed by atoms with Crippen LogP contribution in [0.3, 0.4) is 0 Å². The first kappa shape index (κ1) is 14.8. The van der Waals surface area contributed by atoms with Gasteiger partial charge in [0.2, 0.25) is 0 Å². The first-order valence-corrected chi connectivity index (χ1v) is 8.14. The second-order valence-corrected chi connectivity index (χ2v) is 6.15. The monoisotopic (exact) mass is 297 g/mol. The fourth-order valence-corrected chi connectivity index (χ4v) is 3.08. The lowest BCUT2D eigenvalue weighted by molar-refractivity contribution is 0.0943. The number of imidazole rings is 1. The molecule has 22 heavy (non-hydrogen) atoms. The summed E-state index contributed by atoms with van der Waals surface area (Å²) in [6, 6.07) is 7.83. The predicted molar refractivity (Wildman–Crippen MR) is 86.7 cm³/mol. The summed E-state index contributed by atoms with van der Waals surface area (Å²) in [5, 5.41) is 3.08. The van der Waals surface area contributed by atoms with Crippen molar-refractivity contribution in [1.82, 2.24) is 14.9 Å². The summed E-state index contributed by atoms with van der Waals surface area (Å²) in [6.07, 6.45) is 12.0. The van der Waals surface area contributed by atoms with E-state index in [0.717, 1.165) is 18.7 Å². The largest absolute Gasteiger partial charge is 0.352 e. The molecule has 4 nitrogen and oxygen atoms in total. The van der Waals surface area contributed by atoms with Gasteiger partial charge >= 0.3 is 0 Å². The highest BCUT2D eigenvalue weighted by molar-refractivity contribution is 5.94. The Morgan fingerprint density at radius 2 is 1.95 bits per heavy atom. The van der Waals surface area contributed by atoms with Crippen LogP contribution < -0.4 is 5.32 Å². The number of hydrogen-bond donors (Lipinski definition) is 1. The number of benzene rings is 1. The van der Waals surface area contributed by atoms with Crippen molar-refractivity contribution in [2.45, 2.75) is 38.6 Å². The number of aromatic nitrogens is 2. The molecule has 1 aromatic carbocycles. The quantitative estimate of drug-likeness (QED) is 0.921. The maximum Gasteiger partial charge on any atom is 0.251 e. The minimum absolute atomic E-state index is 0.0414. The van der Waals surface area contributed by atoms with E-state index in [1.54, 1.807) is 12.5 Å². The van der Waals surface area contributed by atoms with Crippen LogP contribution in [0.5, 0.6) is 0 Å². The van der Waals surface area contributed by atoms with Crippen LogP contribution >= 0.6 is 0 Å². The van der Waals surface area contributed by atoms with Gasteiger partial charge in [0.15, 0.2) is 0 Å². The van der Waals surface area contributed by atoms with Crippen LogP contribution in [0, 0.1) is 5.92 Å². The third kappa shape index (κ3) is 3.97. The Bertz CT molecular complexity index is 583. The number of hydrogen-bond acceptors (Lipinski definition) is 2. The molecule has 1 saturated carbocycles. The van der Waals surface area contributed by atoms with Crippen LogP contribution in [0.4, 0.5) is 0 Å². The van der Waals surface area contributed by atoms with Gasteiger partial charge in [-0.2, -0.15) is 0 Å². The molecule has 1 fully saturated rings. The second-order valence-electron chi connectivity index (χ2n) is 6.15. The lowest BCUT2D eigenvalue weighted by Gasteiger charge is -2.21. The van der Waals surface area contributed by atoms with Crippen molar-refractivity contribution in [3.63, 3.8) is 0 Å². The standard InChI is InChI=1S/C18H23N3O/c22-18(20-12-15-4-2-1-3-5-15)17-8-6-16(7-9-17)13-21-11-10-19-14-21/h6-11,14-15H,1-5,12-13H2,(H,20,22). The lowest BCUT2D eigenvalue weighted by atomic mass is 9.89. The van der Waals surface area contributed by atoms with Crippen LogP contribution in [0.25, 0.3) is 0 Å². The van der Waals surface area contributed by atoms with Gasteiger partial charge in [0.25, 0.3) is 5.91 Å². The highest BCUT2D eigenvalue weighted by Gasteiger charge is 2.14. The number of nitrogens with zero attached hydrogens (tertiary/aromatic N) is 2. The average molecular weight is 297 g/mol. The van der Waals surface area contributed by atoms with Gasteiger partial charge in [0.05, 0.1) is 6.33 Å². The van der Waals surface area contributed by atoms with Gasteiger partial charge in [0, 0.05) is 31.0 Å². The minimum atomic E-state index is 0.0414. The Labute approximate surface area is 131 Å². The molecule has 0 radical (unpaired) electrons. The Morgan fingerprint density at radius 3 is 2.64 bits per heavy atom. The zero-order valence-electron chi connectivity index (χ0n) is 12.9. The number of amides is 1. The van der Waals surface area contributed by atoms with Gasteiger partial charge in [-0.25, -0.2) is 4.98 Å². The normalized spacial score (nSPS) is 15.6. The lowest BCUT2D eigenvalue weighted by Crippen LogP contribution is -2.30. The van der Waals surface area contributed by atoms with Crippen LogP contribution in [0.15, 0.2) is 43.0 Å². The Kier molecular flexibility index (Phi) is 4.88. The smallest absolute Gasteiger partial charge is 0.251 e. The second kappa shape index (κ2) is 7.25. The van der Waals surface area contributed by atoms with Crippen molar-refractivity contribution in [2.24, 2.45) is 5.92 Å². The maximum absolute atomic E-state index is 12.2. The highest BCUT2D eigenvalue weighted by atomic mass is 16.1. The van der Waals surface area contributed by atoms with E-state index in [2.05, 4.69) is 10.3 Å². The summed E-state index contributed by atoms with van der Waals surface area (Å²) in [4.78, 5) is 16.2. The predicted octanol–water partition coefficient (Wildman–Crippen LogP) is 3.24. The van der Waals surface area contributed by atoms with Gasteiger partial charge in [-0.05, 0) is 36.5 Å². The minimum Gasteiger partial charge on any atom is -0.352 e. The molecule has 2 aromatic rings. The van der Waals surface area contributed by atoms with Crippen molar-refractivity contribution >= 4 is 5.91 Å². The van der Waals surface area contributed by atoms with Gasteiger partial charge < -0.3 is 9.88 Å². The zero-order valence-corrected chi connectivity index (χ0v) is 12.9. The van der Waals surface area contributed by atoms with Gasteiger partial charge in [-0.3, -0.25) is 4.79 Å². The number of carbonyl (C=O) groups is 1. The molecular weight excluding hydrogens is 274 g/mol. The van der Waals surface area contributed by atoms with E-state index in [1.165, 1.54) is 37.7 Å². The van der Waals surface area contributed by atoms with E-state index in [-0.39, 0.29) is 5.91 Å². The van der Waals surface area contributed by atoms with Crippen LogP contribution in [0.1, 0.15) is 48.0 Å². The summed E-state index contributed by atoms with van der Waals surface area (Å²) in [7, 11) is 0. The molecule has 1 aromatic heterocycles. The van der Waals surface area contributed by atoms with E-state index in [0.29, 0.717) is 5.92 Å². The molecule has 4 heteroatoms. The summed E-state index contributed by atoms with van der Waals surface area (Å²) in [6.45, 7) is 1.60. The van der Waals surface area contributed by atoms with E-state index >= 15 is 0 Å². The molecule has 1 N–H and O–H groups in total. The van der Waals surface area contributed by atoms with Gasteiger partial charge in [0.1, 0.15) is 0 Å². The van der Waals surface area contributed by atoms with Crippen LogP contribution in [-0.2, 0) is 6.54 Å². The molecule has 0 bridgehead atoms. The maximum atomic E-state index is 12.2. The van der Waals surface area contributed by atoms with E-state index < -0.39 is 0 Å². The first-order chi connectivity index (χ1) is 10.8. The third-order valence-electron chi connectivity index (χ3n) is 4.42. The first-order valence-electron chi connectivity index (χ1n) is 8.14. The molecule has 1 heterocycles. The van der Waals surface area contributed by atoms with Crippen LogP contribution in [-0.4, -0.2) is 22.0 Å². The topological polar surface area (TPSA) is 46.9 Å². The summed E-state index contributed by atoms with van der Waals surface area (Å²) < 4.78 is 2.01. The fraction of sp³-hybridized carbons (Fsp3) is 0.444. The van der Waals surface area contributed by atoms with Gasteiger partial charge in [-0.1, -0.05) is 31.4 Å². The van der Waals surface area contributed by atoms with Crippen molar-refractivity contribution in [2.75, 3.05) is 6.54 Å². The Morgan fingerprint density at radius 1 is 1.18 bits per heavy atom. The van der Waals surface area contributed by atoms with Crippen LogP contribution in [0.2, 0.25) is 0 Å². The van der Waals surface area contributed by atoms with Crippen molar-refractivity contribution in [3.05, 3.63) is 54.1 Å². The Hall–Kier alpha value is -2.10. The molecule has 0 saturated heterocycles. The molecule has 1 amide bonds. The number of carbonyl (C=O) groups excluding carboxylic acids is 1. The highest BCUT2D eigenvalue weighted by Crippen LogP contribution is 2.22. The molecule has 1 aliphatic carbocycles. The molecule has 0 atom stereocenters. The summed E-state index contributed by atoms with van der Waals surface area (Å²) in [5.41, 5.74) is 1.91. The van der Waals surface area contributed by atoms with E-state index in [1.807, 2.05) is 35.0 Å². The van der Waals surface area contributed by atoms with E-state index in [9.17, 15) is 4.79 Å². The number of rotatable bonds is 5. The molecule has 116 valence electrons. The van der Waals surface area contributed by atoms with Crippen molar-refractivity contribution in [3.8, 4) is 0 Å². The SMILES string of the molecule is O=C(NCC1CCCCC1)c1ccc(Cn2ccnc2)cc1. The van der Waals surface area contributed by atoms with Crippen molar-refractivity contribution in [1.29, 1.82) is 0 Å². The number of nitrogens with one attached hydrogen (secondary N) is 1. The molecule has 0 unspecified atom stereocenters. The summed E-state index contributed by atoms with van der Waals surface area (Å²) >= 11 is 0. The van der Waals surface area contributed by atoms with Crippen molar-refractivity contribution < 1.29 is 4.79 Å². The summed E-state index contributed by atoms with van der Waals surface area (Å²) in [5.74, 6) is 0.706. The molecule has 1 aliphatic rings. The molecule has 0 aliphatic heterocycles. The molecule has 0 spiro atoms. The zero-order chi connectivity index (χ0) is 15.2. The Balaban J connectivity index is 1.51. The van der Waals surface area contributed by atoms with Gasteiger partial charge in [-0.15, -0.1) is 0 Å².